The number of aromatic nitrogens is 2. The van der Waals surface area contributed by atoms with Crippen molar-refractivity contribution < 1.29 is 0 Å². The molecule has 3 heteroatoms. The summed E-state index contributed by atoms with van der Waals surface area (Å²) in [6.07, 6.45) is 13.6. The van der Waals surface area contributed by atoms with Gasteiger partial charge in [-0.2, -0.15) is 0 Å². The number of H-pyrrole nitrogens is 1. The highest BCUT2D eigenvalue weighted by atomic mass is 14.9. The number of hydrogen-bond acceptors (Lipinski definition) is 2. The topological polar surface area (TPSA) is 40.7 Å². The number of aryl methyl sites for hydroxylation is 1. The summed E-state index contributed by atoms with van der Waals surface area (Å²) in [4.78, 5) is 7.47. The van der Waals surface area contributed by atoms with Crippen LogP contribution < -0.4 is 5.32 Å². The highest BCUT2D eigenvalue weighted by Gasteiger charge is 2.53. The molecule has 0 saturated heterocycles. The lowest BCUT2D eigenvalue weighted by Crippen LogP contribution is -2.39. The number of aromatic amines is 1. The van der Waals surface area contributed by atoms with Gasteiger partial charge in [0.05, 0.1) is 0 Å². The molecule has 3 aliphatic rings. The Bertz CT molecular complexity index is 414. The van der Waals surface area contributed by atoms with Crippen LogP contribution in [0.1, 0.15) is 44.3 Å². The fourth-order valence-corrected chi connectivity index (χ4v) is 5.28. The number of fused-ring (bicyclic) bond motifs is 5. The van der Waals surface area contributed by atoms with Gasteiger partial charge in [-0.3, -0.25) is 0 Å². The van der Waals surface area contributed by atoms with Gasteiger partial charge in [-0.1, -0.05) is 6.42 Å². The number of nitrogens with one attached hydrogen (secondary N) is 2. The van der Waals surface area contributed by atoms with Crippen molar-refractivity contribution >= 4 is 0 Å². The van der Waals surface area contributed by atoms with Crippen molar-refractivity contribution in [2.45, 2.75) is 51.0 Å². The molecule has 0 amide bonds. The third-order valence-corrected chi connectivity index (χ3v) is 5.98. The number of imidazole rings is 1. The van der Waals surface area contributed by atoms with Gasteiger partial charge in [0.25, 0.3) is 0 Å². The summed E-state index contributed by atoms with van der Waals surface area (Å²) in [7, 11) is 0. The van der Waals surface area contributed by atoms with Crippen LogP contribution in [0.3, 0.4) is 0 Å². The summed E-state index contributed by atoms with van der Waals surface area (Å²) in [6.45, 7) is 1.16. The lowest BCUT2D eigenvalue weighted by atomic mass is 9.79. The van der Waals surface area contributed by atoms with Gasteiger partial charge in [-0.25, -0.2) is 4.98 Å². The van der Waals surface area contributed by atoms with E-state index in [4.69, 9.17) is 0 Å². The minimum atomic E-state index is 0.834. The van der Waals surface area contributed by atoms with Gasteiger partial charge in [-0.05, 0) is 62.3 Å². The van der Waals surface area contributed by atoms with Crippen LogP contribution in [-0.4, -0.2) is 22.6 Å². The van der Waals surface area contributed by atoms with Crippen molar-refractivity contribution in [3.05, 3.63) is 18.2 Å². The van der Waals surface area contributed by atoms with E-state index < -0.39 is 0 Å². The Morgan fingerprint density at radius 1 is 1.21 bits per heavy atom. The fourth-order valence-electron chi connectivity index (χ4n) is 5.28. The van der Waals surface area contributed by atoms with Crippen molar-refractivity contribution in [2.75, 3.05) is 6.54 Å². The molecular weight excluding hydrogens is 234 g/mol. The van der Waals surface area contributed by atoms with Gasteiger partial charge in [0.1, 0.15) is 5.82 Å². The zero-order valence-corrected chi connectivity index (χ0v) is 11.6. The Morgan fingerprint density at radius 2 is 2.16 bits per heavy atom. The second kappa shape index (κ2) is 4.93. The molecule has 5 atom stereocenters. The third-order valence-electron chi connectivity index (χ3n) is 5.98. The largest absolute Gasteiger partial charge is 0.349 e. The van der Waals surface area contributed by atoms with E-state index in [-0.39, 0.29) is 0 Å². The molecule has 1 heterocycles. The van der Waals surface area contributed by atoms with Gasteiger partial charge in [0, 0.05) is 24.9 Å². The summed E-state index contributed by atoms with van der Waals surface area (Å²) in [5, 5.41) is 3.85. The monoisotopic (exact) mass is 259 g/mol. The lowest BCUT2D eigenvalue weighted by molar-refractivity contribution is 0.209. The molecule has 5 unspecified atom stereocenters. The van der Waals surface area contributed by atoms with E-state index in [0.29, 0.717) is 0 Å². The molecule has 0 radical (unpaired) electrons. The van der Waals surface area contributed by atoms with Crippen molar-refractivity contribution in [3.63, 3.8) is 0 Å². The minimum Gasteiger partial charge on any atom is -0.349 e. The van der Waals surface area contributed by atoms with Crippen molar-refractivity contribution in [3.8, 4) is 0 Å². The van der Waals surface area contributed by atoms with Gasteiger partial charge in [-0.15, -0.1) is 0 Å². The summed E-state index contributed by atoms with van der Waals surface area (Å²) in [5.74, 6) is 5.42. The van der Waals surface area contributed by atoms with E-state index >= 15 is 0 Å². The first-order valence-corrected chi connectivity index (χ1v) is 8.13. The molecule has 3 saturated carbocycles. The van der Waals surface area contributed by atoms with E-state index in [1.807, 2.05) is 12.4 Å². The maximum Gasteiger partial charge on any atom is 0.106 e. The van der Waals surface area contributed by atoms with E-state index in [2.05, 4.69) is 15.3 Å². The zero-order chi connectivity index (χ0) is 12.7. The molecule has 2 N–H and O–H groups in total. The van der Waals surface area contributed by atoms with Gasteiger partial charge in [0.2, 0.25) is 0 Å². The summed E-state index contributed by atoms with van der Waals surface area (Å²) < 4.78 is 0. The van der Waals surface area contributed by atoms with Crippen LogP contribution in [0.5, 0.6) is 0 Å². The molecule has 2 bridgehead atoms. The molecule has 0 spiro atoms. The first-order chi connectivity index (χ1) is 9.42. The fraction of sp³-hybridized carbons (Fsp3) is 0.812. The molecule has 0 aromatic carbocycles. The first-order valence-electron chi connectivity index (χ1n) is 8.13. The maximum absolute atomic E-state index is 4.28. The average Bonchev–Trinajstić information content (AvgIpc) is 3.14. The molecule has 4 rings (SSSR count). The molecule has 1 aromatic rings. The Hall–Kier alpha value is -0.830. The van der Waals surface area contributed by atoms with Crippen molar-refractivity contribution in [2.24, 2.45) is 23.7 Å². The number of rotatable bonds is 5. The zero-order valence-electron chi connectivity index (χ0n) is 11.6. The SMILES string of the molecule is c1c[nH]c(CCCNC2CC3CC2C2CCCC32)n1. The highest BCUT2D eigenvalue weighted by Crippen LogP contribution is 2.58. The standard InChI is InChI=1S/C16H25N3/c1-3-12-11-9-14(13(12)4-1)15(10-11)17-6-2-5-16-18-7-8-19-16/h7-8,11-15,17H,1-6,9-10H2,(H,18,19). The van der Waals surface area contributed by atoms with E-state index in [1.165, 1.54) is 38.5 Å². The molecule has 3 aliphatic carbocycles. The van der Waals surface area contributed by atoms with Gasteiger partial charge < -0.3 is 10.3 Å². The molecule has 104 valence electrons. The Kier molecular flexibility index (Phi) is 3.10. The lowest BCUT2D eigenvalue weighted by Gasteiger charge is -2.32. The smallest absolute Gasteiger partial charge is 0.106 e. The van der Waals surface area contributed by atoms with Gasteiger partial charge in [0.15, 0.2) is 0 Å². The second-order valence-electron chi connectivity index (χ2n) is 6.85. The van der Waals surface area contributed by atoms with Crippen LogP contribution in [0.4, 0.5) is 0 Å². The first kappa shape index (κ1) is 12.0. The molecule has 19 heavy (non-hydrogen) atoms. The third kappa shape index (κ3) is 2.12. The van der Waals surface area contributed by atoms with Crippen molar-refractivity contribution in [1.82, 2.24) is 15.3 Å². The summed E-state index contributed by atoms with van der Waals surface area (Å²) in [5.41, 5.74) is 0. The minimum absolute atomic E-state index is 0.834. The normalized spacial score (nSPS) is 39.9. The van der Waals surface area contributed by atoms with E-state index in [1.54, 1.807) is 0 Å². The van der Waals surface area contributed by atoms with Gasteiger partial charge >= 0.3 is 0 Å². The average molecular weight is 259 g/mol. The number of hydrogen-bond donors (Lipinski definition) is 2. The van der Waals surface area contributed by atoms with Crippen LogP contribution in [-0.2, 0) is 6.42 Å². The Labute approximate surface area is 115 Å². The molecule has 1 aromatic heterocycles. The van der Waals surface area contributed by atoms with E-state index in [0.717, 1.165) is 48.5 Å². The predicted octanol–water partition coefficient (Wildman–Crippen LogP) is 2.76. The Morgan fingerprint density at radius 3 is 3.05 bits per heavy atom. The van der Waals surface area contributed by atoms with Crippen LogP contribution >= 0.6 is 0 Å². The quantitative estimate of drug-likeness (QED) is 0.798. The van der Waals surface area contributed by atoms with E-state index in [9.17, 15) is 0 Å². The number of nitrogens with zero attached hydrogens (tertiary/aromatic N) is 1. The van der Waals surface area contributed by atoms with Crippen molar-refractivity contribution in [1.29, 1.82) is 0 Å². The molecule has 3 nitrogen and oxygen atoms in total. The molecule has 0 aliphatic heterocycles. The predicted molar refractivity (Wildman–Crippen MR) is 75.7 cm³/mol. The Balaban J connectivity index is 1.24. The summed E-state index contributed by atoms with van der Waals surface area (Å²) >= 11 is 0. The second-order valence-corrected chi connectivity index (χ2v) is 6.85. The van der Waals surface area contributed by atoms with Crippen LogP contribution in [0.25, 0.3) is 0 Å². The maximum atomic E-state index is 4.28. The molecular formula is C16H25N3. The van der Waals surface area contributed by atoms with Crippen LogP contribution in [0, 0.1) is 23.7 Å². The summed E-state index contributed by atoms with van der Waals surface area (Å²) in [6, 6.07) is 0.834. The van der Waals surface area contributed by atoms with Crippen LogP contribution in [0.15, 0.2) is 12.4 Å². The molecule has 3 fully saturated rings. The van der Waals surface area contributed by atoms with Crippen LogP contribution in [0.2, 0.25) is 0 Å². The highest BCUT2D eigenvalue weighted by molar-refractivity contribution is 5.05.